The molecule has 5 aromatic rings. The molecule has 24 heteroatoms. The molecule has 65 heavy (non-hydrogen) atoms. The molecule has 0 aliphatic carbocycles. The van der Waals surface area contributed by atoms with E-state index in [1.165, 1.54) is 29.8 Å². The minimum absolute atomic E-state index is 0.0588. The molecule has 3 aliphatic heterocycles. The molecule has 4 N–H and O–H groups in total. The van der Waals surface area contributed by atoms with Gasteiger partial charge in [0.15, 0.2) is 5.13 Å². The van der Waals surface area contributed by atoms with Gasteiger partial charge in [-0.25, -0.2) is 23.2 Å². The number of nitrogens with one attached hydrogen (secondary N) is 3. The number of carbonyl (C=O) groups excluding carboxylic acids is 6. The Bertz CT molecular complexity index is 2860. The van der Waals surface area contributed by atoms with E-state index >= 15 is 0 Å². The van der Waals surface area contributed by atoms with E-state index in [9.17, 15) is 50.4 Å². The SMILES string of the molecule is CS(=O)(=O)n1ccc(C(=O)NCC(=O)Nc2nc(-c3cccc(-c4ccnc(N5CCN(c6ccc7c(c6)C(=O)N(C6CCC(=O)NC6=O)C7=O)CC5)c4)c3)cs2)c1.O=C(O)C(F)(F)F. The second-order valence-corrected chi connectivity index (χ2v) is 17.4. The molecule has 0 spiro atoms. The molecule has 338 valence electrons. The Kier molecular flexibility index (Phi) is 12.8. The number of benzene rings is 2. The Labute approximate surface area is 370 Å². The lowest BCUT2D eigenvalue weighted by molar-refractivity contribution is -0.192. The average molecular weight is 936 g/mol. The van der Waals surface area contributed by atoms with Crippen molar-refractivity contribution in [2.45, 2.75) is 25.1 Å². The molecule has 0 bridgehead atoms. The fourth-order valence-corrected chi connectivity index (χ4v) is 8.41. The van der Waals surface area contributed by atoms with Crippen molar-refractivity contribution in [2.24, 2.45) is 0 Å². The van der Waals surface area contributed by atoms with Gasteiger partial charge in [0.05, 0.1) is 35.2 Å². The number of anilines is 3. The first-order chi connectivity index (χ1) is 30.8. The van der Waals surface area contributed by atoms with E-state index in [2.05, 4.69) is 35.7 Å². The maximum atomic E-state index is 13.4. The fourth-order valence-electron chi connectivity index (χ4n) is 7.09. The Morgan fingerprint density at radius 2 is 1.58 bits per heavy atom. The second kappa shape index (κ2) is 18.3. The number of halogens is 3. The van der Waals surface area contributed by atoms with Gasteiger partial charge in [0.2, 0.25) is 27.7 Å². The lowest BCUT2D eigenvalue weighted by Crippen LogP contribution is -2.54. The maximum absolute atomic E-state index is 13.4. The number of piperidine rings is 1. The van der Waals surface area contributed by atoms with Crippen molar-refractivity contribution in [3.8, 4) is 22.4 Å². The first-order valence-electron chi connectivity index (χ1n) is 19.4. The average Bonchev–Trinajstić information content (AvgIpc) is 4.02. The number of rotatable bonds is 10. The van der Waals surface area contributed by atoms with Crippen LogP contribution in [0.5, 0.6) is 0 Å². The van der Waals surface area contributed by atoms with Gasteiger partial charge in [-0.3, -0.25) is 43.0 Å². The van der Waals surface area contributed by atoms with Crippen LogP contribution in [0.3, 0.4) is 0 Å². The van der Waals surface area contributed by atoms with Crippen molar-refractivity contribution in [1.82, 2.24) is 29.5 Å². The van der Waals surface area contributed by atoms with Gasteiger partial charge in [-0.15, -0.1) is 11.3 Å². The molecule has 6 amide bonds. The Hall–Kier alpha value is -7.47. The highest BCUT2D eigenvalue weighted by Gasteiger charge is 2.45. The zero-order chi connectivity index (χ0) is 46.8. The number of thiazole rings is 1. The molecule has 1 atom stereocenters. The van der Waals surface area contributed by atoms with E-state index in [1.54, 1.807) is 18.3 Å². The summed E-state index contributed by atoms with van der Waals surface area (Å²) in [6.45, 7) is 2.23. The summed E-state index contributed by atoms with van der Waals surface area (Å²) in [6, 6.07) is 17.3. The zero-order valence-electron chi connectivity index (χ0n) is 33.9. The van der Waals surface area contributed by atoms with Crippen LogP contribution in [0.1, 0.15) is 43.9 Å². The van der Waals surface area contributed by atoms with Crippen molar-refractivity contribution in [3.05, 3.63) is 101 Å². The molecule has 1 unspecified atom stereocenters. The summed E-state index contributed by atoms with van der Waals surface area (Å²) >= 11 is 1.24. The molecule has 3 aromatic heterocycles. The smallest absolute Gasteiger partial charge is 0.475 e. The zero-order valence-corrected chi connectivity index (χ0v) is 35.5. The Morgan fingerprint density at radius 3 is 2.26 bits per heavy atom. The third-order valence-corrected chi connectivity index (χ3v) is 12.1. The van der Waals surface area contributed by atoms with Crippen molar-refractivity contribution in [1.29, 1.82) is 0 Å². The molecular formula is C41H36F3N9O10S2. The van der Waals surface area contributed by atoms with Gasteiger partial charge in [0, 0.05) is 67.8 Å². The second-order valence-electron chi connectivity index (χ2n) is 14.7. The maximum Gasteiger partial charge on any atom is 0.490 e. The summed E-state index contributed by atoms with van der Waals surface area (Å²) in [5.41, 5.74) is 4.75. The number of alkyl halides is 3. The number of imide groups is 2. The largest absolute Gasteiger partial charge is 0.490 e. The number of pyridine rings is 1. The van der Waals surface area contributed by atoms with Crippen LogP contribution >= 0.6 is 11.3 Å². The van der Waals surface area contributed by atoms with E-state index in [0.29, 0.717) is 37.0 Å². The predicted octanol–water partition coefficient (Wildman–Crippen LogP) is 3.21. The van der Waals surface area contributed by atoms with Crippen LogP contribution in [-0.4, -0.2) is 125 Å². The molecule has 2 saturated heterocycles. The van der Waals surface area contributed by atoms with Gasteiger partial charge >= 0.3 is 12.1 Å². The van der Waals surface area contributed by atoms with Crippen LogP contribution in [0.2, 0.25) is 0 Å². The molecule has 8 rings (SSSR count). The molecule has 6 heterocycles. The van der Waals surface area contributed by atoms with Gasteiger partial charge < -0.3 is 25.5 Å². The van der Waals surface area contributed by atoms with E-state index in [0.717, 1.165) is 43.3 Å². The van der Waals surface area contributed by atoms with Gasteiger partial charge in [0.25, 0.3) is 17.7 Å². The van der Waals surface area contributed by atoms with Crippen LogP contribution in [0.4, 0.5) is 29.8 Å². The van der Waals surface area contributed by atoms with Crippen molar-refractivity contribution < 1.29 is 60.3 Å². The number of carboxylic acid groups (broad SMARTS) is 1. The molecule has 0 radical (unpaired) electrons. The first kappa shape index (κ1) is 45.6. The van der Waals surface area contributed by atoms with Crippen molar-refractivity contribution >= 4 is 79.4 Å². The third kappa shape index (κ3) is 10.3. The number of piperazine rings is 1. The van der Waals surface area contributed by atoms with Gasteiger partial charge in [-0.2, -0.15) is 13.2 Å². The number of carboxylic acids is 1. The normalized spacial score (nSPS) is 16.4. The Balaban J connectivity index is 0.000000833. The van der Waals surface area contributed by atoms with Crippen molar-refractivity contribution in [3.63, 3.8) is 0 Å². The number of aromatic nitrogens is 3. The van der Waals surface area contributed by atoms with Crippen LogP contribution in [0.25, 0.3) is 22.4 Å². The molecular weight excluding hydrogens is 900 g/mol. The summed E-state index contributed by atoms with van der Waals surface area (Å²) in [4.78, 5) is 99.0. The third-order valence-electron chi connectivity index (χ3n) is 10.3. The molecule has 0 saturated carbocycles. The van der Waals surface area contributed by atoms with Gasteiger partial charge in [-0.1, -0.05) is 18.2 Å². The number of hydrogen-bond donors (Lipinski definition) is 4. The summed E-state index contributed by atoms with van der Waals surface area (Å²) in [6.07, 6.45) is 0.282. The molecule has 3 aliphatic rings. The summed E-state index contributed by atoms with van der Waals surface area (Å²) in [5.74, 6) is -5.17. The van der Waals surface area contributed by atoms with Crippen LogP contribution in [-0.2, 0) is 29.2 Å². The quantitative estimate of drug-likeness (QED) is 0.147. The highest BCUT2D eigenvalue weighted by atomic mass is 32.2. The lowest BCUT2D eigenvalue weighted by Gasteiger charge is -2.37. The van der Waals surface area contributed by atoms with E-state index in [-0.39, 0.29) is 36.1 Å². The number of nitrogens with zero attached hydrogens (tertiary/aromatic N) is 6. The van der Waals surface area contributed by atoms with Gasteiger partial charge in [-0.05, 0) is 60.0 Å². The number of amides is 6. The summed E-state index contributed by atoms with van der Waals surface area (Å²) in [7, 11) is -3.54. The summed E-state index contributed by atoms with van der Waals surface area (Å²) in [5, 5.41) is 16.7. The number of aliphatic carboxylic acids is 1. The molecule has 2 aromatic carbocycles. The summed E-state index contributed by atoms with van der Waals surface area (Å²) < 4.78 is 56.0. The standard InChI is InChI=1S/C39H35N9O8S2.C2HF3O2/c1-58(55,56)47-12-10-26(21-47)35(51)41-20-34(50)44-39-42-30(22-57-39)25-4-2-3-23(17-25)24-9-11-40-32(18-24)46-15-13-45(14-16-46)27-5-6-28-29(19-27)38(54)48(37(28)53)31-7-8-33(49)43-36(31)52;3-2(4,5)1(6)7/h2-6,9-12,17-19,21-22,31H,7-8,13-16,20H2,1H3,(H,41,51)(H,42,44,50)(H,43,49,52);(H,6,7). The fraction of sp³-hybridized carbons (Fsp3) is 0.244. The Morgan fingerprint density at radius 1 is 0.908 bits per heavy atom. The molecule has 2 fully saturated rings. The molecule has 19 nitrogen and oxygen atoms in total. The highest BCUT2D eigenvalue weighted by Crippen LogP contribution is 2.33. The number of hydrogen-bond acceptors (Lipinski definition) is 14. The lowest BCUT2D eigenvalue weighted by atomic mass is 10.0. The van der Waals surface area contributed by atoms with Gasteiger partial charge in [0.1, 0.15) is 11.9 Å². The highest BCUT2D eigenvalue weighted by molar-refractivity contribution is 7.89. The van der Waals surface area contributed by atoms with Crippen LogP contribution < -0.4 is 25.8 Å². The predicted molar refractivity (Wildman–Crippen MR) is 228 cm³/mol. The minimum atomic E-state index is -5.08. The topological polar surface area (TPSA) is 250 Å². The van der Waals surface area contributed by atoms with Crippen molar-refractivity contribution in [2.75, 3.05) is 54.1 Å². The van der Waals surface area contributed by atoms with E-state index in [1.807, 2.05) is 47.8 Å². The van der Waals surface area contributed by atoms with Crippen LogP contribution in [0, 0.1) is 0 Å². The van der Waals surface area contributed by atoms with Crippen LogP contribution in [0.15, 0.2) is 84.6 Å². The number of carbonyl (C=O) groups is 7. The van der Waals surface area contributed by atoms with E-state index < -0.39 is 63.7 Å². The minimum Gasteiger partial charge on any atom is -0.475 e. The monoisotopic (exact) mass is 935 g/mol. The number of fused-ring (bicyclic) bond motifs is 1. The first-order valence-corrected chi connectivity index (χ1v) is 22.1. The van der Waals surface area contributed by atoms with E-state index in [4.69, 9.17) is 9.90 Å².